The highest BCUT2D eigenvalue weighted by Crippen LogP contribution is 2.51. The average molecular weight is 291 g/mol. The third-order valence-electron chi connectivity index (χ3n) is 6.46. The van der Waals surface area contributed by atoms with E-state index in [0.29, 0.717) is 11.8 Å². The molecule has 1 saturated heterocycles. The van der Waals surface area contributed by atoms with Gasteiger partial charge in [-0.2, -0.15) is 0 Å². The van der Waals surface area contributed by atoms with Crippen LogP contribution in [0.4, 0.5) is 0 Å². The molecule has 0 spiro atoms. The number of rotatable bonds is 2. The lowest BCUT2D eigenvalue weighted by Gasteiger charge is -2.50. The molecule has 0 N–H and O–H groups in total. The summed E-state index contributed by atoms with van der Waals surface area (Å²) in [7, 11) is 1.70. The standard InChI is InChI=1S/C18H29NO2/c1-18(12-13-8-4-3-5-9-13)15-11-7-6-10-14(15)16(20)19(2)17(18)21/h13-15H,3-12H2,1-2H3. The smallest absolute Gasteiger partial charge is 0.235 e. The maximum atomic E-state index is 12.9. The van der Waals surface area contributed by atoms with Gasteiger partial charge in [0.05, 0.1) is 5.41 Å². The minimum Gasteiger partial charge on any atom is -0.285 e. The number of carbonyl (C=O) groups excluding carboxylic acids is 2. The first-order chi connectivity index (χ1) is 10.0. The zero-order chi connectivity index (χ0) is 15.0. The predicted molar refractivity (Wildman–Crippen MR) is 82.5 cm³/mol. The van der Waals surface area contributed by atoms with E-state index in [1.165, 1.54) is 43.4 Å². The van der Waals surface area contributed by atoms with Crippen LogP contribution >= 0.6 is 0 Å². The van der Waals surface area contributed by atoms with Crippen LogP contribution in [-0.2, 0) is 9.59 Å². The van der Waals surface area contributed by atoms with Crippen LogP contribution in [0.15, 0.2) is 0 Å². The summed E-state index contributed by atoms with van der Waals surface area (Å²) in [6.07, 6.45) is 11.9. The van der Waals surface area contributed by atoms with Gasteiger partial charge in [-0.1, -0.05) is 51.9 Å². The normalized spacial score (nSPS) is 38.5. The van der Waals surface area contributed by atoms with E-state index in [1.807, 2.05) is 0 Å². The quantitative estimate of drug-likeness (QED) is 0.726. The minimum atomic E-state index is -0.296. The maximum Gasteiger partial charge on any atom is 0.235 e. The van der Waals surface area contributed by atoms with Crippen molar-refractivity contribution in [3.8, 4) is 0 Å². The molecule has 118 valence electrons. The minimum absolute atomic E-state index is 0.0887. The zero-order valence-corrected chi connectivity index (χ0v) is 13.6. The van der Waals surface area contributed by atoms with Gasteiger partial charge in [0.25, 0.3) is 0 Å². The Bertz CT molecular complexity index is 427. The topological polar surface area (TPSA) is 37.4 Å². The highest BCUT2D eigenvalue weighted by atomic mass is 16.2. The maximum absolute atomic E-state index is 12.9. The Morgan fingerprint density at radius 3 is 2.33 bits per heavy atom. The van der Waals surface area contributed by atoms with Gasteiger partial charge in [-0.05, 0) is 31.1 Å². The van der Waals surface area contributed by atoms with E-state index in [1.54, 1.807) is 7.05 Å². The highest BCUT2D eigenvalue weighted by molar-refractivity contribution is 6.01. The van der Waals surface area contributed by atoms with E-state index < -0.39 is 0 Å². The number of nitrogens with zero attached hydrogens (tertiary/aromatic N) is 1. The lowest BCUT2D eigenvalue weighted by atomic mass is 9.58. The molecule has 1 aliphatic heterocycles. The summed E-state index contributed by atoms with van der Waals surface area (Å²) in [5.41, 5.74) is -0.296. The molecule has 2 aliphatic carbocycles. The van der Waals surface area contributed by atoms with Crippen molar-refractivity contribution in [2.75, 3.05) is 7.05 Å². The van der Waals surface area contributed by atoms with E-state index in [9.17, 15) is 9.59 Å². The van der Waals surface area contributed by atoms with Gasteiger partial charge in [0.1, 0.15) is 0 Å². The van der Waals surface area contributed by atoms with E-state index in [-0.39, 0.29) is 23.1 Å². The SMILES string of the molecule is CN1C(=O)C2CCCCC2C(C)(CC2CCCCC2)C1=O. The molecule has 3 nitrogen and oxygen atoms in total. The summed E-state index contributed by atoms with van der Waals surface area (Å²) in [5, 5.41) is 0. The van der Waals surface area contributed by atoms with Crippen LogP contribution in [0.1, 0.15) is 71.1 Å². The molecule has 3 rings (SSSR count). The zero-order valence-electron chi connectivity index (χ0n) is 13.6. The van der Waals surface area contributed by atoms with Crippen molar-refractivity contribution in [3.05, 3.63) is 0 Å². The van der Waals surface area contributed by atoms with Gasteiger partial charge in [0.15, 0.2) is 0 Å². The van der Waals surface area contributed by atoms with Crippen molar-refractivity contribution in [3.63, 3.8) is 0 Å². The number of fused-ring (bicyclic) bond motifs is 1. The number of hydrogen-bond acceptors (Lipinski definition) is 2. The molecule has 1 heterocycles. The second kappa shape index (κ2) is 5.73. The number of hydrogen-bond donors (Lipinski definition) is 0. The van der Waals surface area contributed by atoms with Crippen LogP contribution in [0, 0.1) is 23.2 Å². The monoisotopic (exact) mass is 291 g/mol. The van der Waals surface area contributed by atoms with Crippen LogP contribution in [0.3, 0.4) is 0 Å². The first-order valence-electron chi connectivity index (χ1n) is 8.86. The highest BCUT2D eigenvalue weighted by Gasteiger charge is 2.55. The van der Waals surface area contributed by atoms with Gasteiger partial charge < -0.3 is 0 Å². The molecule has 3 unspecified atom stereocenters. The Balaban J connectivity index is 1.85. The molecular weight excluding hydrogens is 262 g/mol. The van der Waals surface area contributed by atoms with Gasteiger partial charge >= 0.3 is 0 Å². The molecule has 0 radical (unpaired) electrons. The molecule has 0 aromatic heterocycles. The lowest BCUT2D eigenvalue weighted by Crippen LogP contribution is -2.59. The summed E-state index contributed by atoms with van der Waals surface area (Å²) in [6, 6.07) is 0. The van der Waals surface area contributed by atoms with Crippen molar-refractivity contribution >= 4 is 11.8 Å². The Labute approximate surface area is 128 Å². The van der Waals surface area contributed by atoms with E-state index in [4.69, 9.17) is 0 Å². The Morgan fingerprint density at radius 2 is 1.62 bits per heavy atom. The Hall–Kier alpha value is -0.860. The molecule has 0 bridgehead atoms. The van der Waals surface area contributed by atoms with Crippen LogP contribution in [0.25, 0.3) is 0 Å². The molecule has 3 aliphatic rings. The Morgan fingerprint density at radius 1 is 1.00 bits per heavy atom. The van der Waals surface area contributed by atoms with Gasteiger partial charge in [0, 0.05) is 13.0 Å². The van der Waals surface area contributed by atoms with Crippen LogP contribution in [0.5, 0.6) is 0 Å². The van der Waals surface area contributed by atoms with Crippen LogP contribution < -0.4 is 0 Å². The summed E-state index contributed by atoms with van der Waals surface area (Å²) in [5.74, 6) is 1.28. The van der Waals surface area contributed by atoms with Crippen molar-refractivity contribution < 1.29 is 9.59 Å². The van der Waals surface area contributed by atoms with Crippen molar-refractivity contribution in [2.24, 2.45) is 23.2 Å². The fraction of sp³-hybridized carbons (Fsp3) is 0.889. The fourth-order valence-corrected chi connectivity index (χ4v) is 5.31. The number of carbonyl (C=O) groups is 2. The molecular formula is C18H29NO2. The molecule has 0 aromatic rings. The number of amides is 2. The van der Waals surface area contributed by atoms with Crippen LogP contribution in [-0.4, -0.2) is 23.8 Å². The lowest BCUT2D eigenvalue weighted by molar-refractivity contribution is -0.169. The molecule has 2 saturated carbocycles. The predicted octanol–water partition coefficient (Wildman–Crippen LogP) is 3.77. The van der Waals surface area contributed by atoms with Gasteiger partial charge in [-0.3, -0.25) is 14.5 Å². The third kappa shape index (κ3) is 2.53. The average Bonchev–Trinajstić information content (AvgIpc) is 2.52. The molecule has 2 amide bonds. The second-order valence-corrected chi connectivity index (χ2v) is 7.83. The molecule has 21 heavy (non-hydrogen) atoms. The molecule has 3 atom stereocenters. The summed E-state index contributed by atoms with van der Waals surface area (Å²) in [4.78, 5) is 26.8. The summed E-state index contributed by atoms with van der Waals surface area (Å²) < 4.78 is 0. The van der Waals surface area contributed by atoms with E-state index >= 15 is 0 Å². The number of likely N-dealkylation sites (tertiary alicyclic amines) is 1. The van der Waals surface area contributed by atoms with E-state index in [0.717, 1.165) is 25.7 Å². The number of imide groups is 1. The second-order valence-electron chi connectivity index (χ2n) is 7.83. The third-order valence-corrected chi connectivity index (χ3v) is 6.46. The van der Waals surface area contributed by atoms with Crippen LogP contribution in [0.2, 0.25) is 0 Å². The van der Waals surface area contributed by atoms with Crippen molar-refractivity contribution in [1.29, 1.82) is 0 Å². The molecule has 0 aromatic carbocycles. The molecule has 3 heteroatoms. The summed E-state index contributed by atoms with van der Waals surface area (Å²) in [6.45, 7) is 2.16. The van der Waals surface area contributed by atoms with Crippen molar-refractivity contribution in [2.45, 2.75) is 71.1 Å². The summed E-state index contributed by atoms with van der Waals surface area (Å²) >= 11 is 0. The van der Waals surface area contributed by atoms with E-state index in [2.05, 4.69) is 6.92 Å². The van der Waals surface area contributed by atoms with Gasteiger partial charge in [0.2, 0.25) is 11.8 Å². The first kappa shape index (κ1) is 15.1. The van der Waals surface area contributed by atoms with Gasteiger partial charge in [-0.25, -0.2) is 0 Å². The number of piperidine rings is 1. The fourth-order valence-electron chi connectivity index (χ4n) is 5.31. The van der Waals surface area contributed by atoms with Gasteiger partial charge in [-0.15, -0.1) is 0 Å². The Kier molecular flexibility index (Phi) is 4.11. The molecule has 3 fully saturated rings. The largest absolute Gasteiger partial charge is 0.285 e. The van der Waals surface area contributed by atoms with Crippen molar-refractivity contribution in [1.82, 2.24) is 4.90 Å². The first-order valence-corrected chi connectivity index (χ1v) is 8.86.